The molecule has 0 rings (SSSR count). The Morgan fingerprint density at radius 1 is 1.10 bits per heavy atom. The number of alkyl halides is 5. The normalized spacial score (nSPS) is 8.90. The second kappa shape index (κ2) is 23.1. The van der Waals surface area contributed by atoms with Crippen LogP contribution in [0.1, 0.15) is 27.2 Å². The highest BCUT2D eigenvalue weighted by atomic mass is 19.3. The molecule has 0 bridgehead atoms. The third-order valence-electron chi connectivity index (χ3n) is 1.79. The third-order valence-corrected chi connectivity index (χ3v) is 1.79. The number of hydrogen-bond acceptors (Lipinski definition) is 3. The number of hydrogen-bond donors (Lipinski definition) is 0. The number of carbonyl (C=O) groups is 1. The first-order chi connectivity index (χ1) is 9.37. The van der Waals surface area contributed by atoms with Gasteiger partial charge in [-0.1, -0.05) is 6.92 Å². The van der Waals surface area contributed by atoms with E-state index in [2.05, 4.69) is 9.68 Å². The topological polar surface area (TPSA) is 35.5 Å². The molecule has 0 N–H and O–H groups in total. The summed E-state index contributed by atoms with van der Waals surface area (Å²) in [5.74, 6) is -0.322. The monoisotopic (exact) mass is 316 g/mol. The lowest BCUT2D eigenvalue weighted by molar-refractivity contribution is -0.167. The summed E-state index contributed by atoms with van der Waals surface area (Å²) in [5, 5.41) is 0. The molecule has 0 saturated carbocycles. The highest BCUT2D eigenvalue weighted by molar-refractivity contribution is 5.75. The van der Waals surface area contributed by atoms with Crippen molar-refractivity contribution in [1.29, 1.82) is 0 Å². The number of carbonyl (C=O) groups excluding carboxylic acids is 1. The maximum atomic E-state index is 11.6. The van der Waals surface area contributed by atoms with Gasteiger partial charge in [-0.15, -0.1) is 0 Å². The lowest BCUT2D eigenvalue weighted by Crippen LogP contribution is -2.26. The van der Waals surface area contributed by atoms with E-state index >= 15 is 0 Å². The van der Waals surface area contributed by atoms with Crippen LogP contribution in [0.4, 0.5) is 26.5 Å². The predicted octanol–water partition coefficient (Wildman–Crippen LogP) is 4.22. The summed E-state index contributed by atoms with van der Waals surface area (Å²) in [4.78, 5) is 13.4. The molecule has 0 aromatic rings. The van der Waals surface area contributed by atoms with Gasteiger partial charge in [0.2, 0.25) is 13.8 Å². The average Bonchev–Trinajstić information content (AvgIpc) is 2.47. The van der Waals surface area contributed by atoms with E-state index in [1.165, 1.54) is 0 Å². The van der Waals surface area contributed by atoms with Gasteiger partial charge in [0.1, 0.15) is 13.3 Å². The van der Waals surface area contributed by atoms with Gasteiger partial charge < -0.3 is 4.74 Å². The zero-order valence-electron chi connectivity index (χ0n) is 12.0. The zero-order valence-corrected chi connectivity index (χ0v) is 12.0. The van der Waals surface area contributed by atoms with Crippen LogP contribution < -0.4 is 0 Å². The maximum Gasteiger partial charge on any atom is 0.311 e. The van der Waals surface area contributed by atoms with Gasteiger partial charge in [-0.3, -0.25) is 9.18 Å². The molecule has 0 spiro atoms. The van der Waals surface area contributed by atoms with E-state index in [0.29, 0.717) is 13.6 Å². The van der Waals surface area contributed by atoms with Crippen LogP contribution in [0.15, 0.2) is 0 Å². The molecule has 0 saturated heterocycles. The molecule has 0 atom stereocenters. The highest BCUT2D eigenvalue weighted by Crippen LogP contribution is 2.21. The van der Waals surface area contributed by atoms with Crippen molar-refractivity contribution in [3.63, 3.8) is 0 Å². The largest absolute Gasteiger partial charge is 0.462 e. The molecule has 0 amide bonds. The molecule has 0 aromatic carbocycles. The Morgan fingerprint density at radius 2 is 1.45 bits per heavy atom. The van der Waals surface area contributed by atoms with Gasteiger partial charge in [-0.05, 0) is 24.8 Å². The van der Waals surface area contributed by atoms with Gasteiger partial charge in [-0.2, -0.15) is 4.94 Å². The molecular weight excluding hydrogens is 294 g/mol. The molecule has 0 aliphatic carbocycles. The first-order valence-corrected chi connectivity index (χ1v) is 5.40. The summed E-state index contributed by atoms with van der Waals surface area (Å²) >= 11 is 0. The minimum absolute atomic E-state index is 0.123. The van der Waals surface area contributed by atoms with Crippen LogP contribution in [0.5, 0.6) is 0 Å². The lowest BCUT2D eigenvalue weighted by atomic mass is 9.91. The van der Waals surface area contributed by atoms with Gasteiger partial charge in [0, 0.05) is 0 Å². The van der Waals surface area contributed by atoms with Crippen LogP contribution in [0.3, 0.4) is 0 Å². The maximum absolute atomic E-state index is 11.6. The summed E-state index contributed by atoms with van der Waals surface area (Å²) in [6.07, 6.45) is 0.706. The van der Waals surface area contributed by atoms with E-state index in [1.54, 1.807) is 13.8 Å². The van der Waals surface area contributed by atoms with Crippen molar-refractivity contribution in [1.82, 2.24) is 0 Å². The molecule has 20 heavy (non-hydrogen) atoms. The predicted molar refractivity (Wildman–Crippen MR) is 63.3 cm³/mol. The van der Waals surface area contributed by atoms with E-state index in [1.807, 2.05) is 6.92 Å². The van der Waals surface area contributed by atoms with Crippen molar-refractivity contribution in [2.24, 2.45) is 5.41 Å². The molecular formula is C11H22F6O3. The second-order valence-corrected chi connectivity index (χ2v) is 3.38. The lowest BCUT2D eigenvalue weighted by Gasteiger charge is -2.19. The molecule has 0 radical (unpaired) electrons. The Kier molecular flexibility index (Phi) is 31.7. The van der Waals surface area contributed by atoms with Crippen molar-refractivity contribution < 1.29 is 41.0 Å². The average molecular weight is 316 g/mol. The second-order valence-electron chi connectivity index (χ2n) is 3.38. The Balaban J connectivity index is -0.000000118. The Hall–Kier alpha value is -0.990. The standard InChI is InChI=1S/C8H15FO2.CH2F2O.CH2F2.CH3F/c1-4-8(2,3)7(10)11-6-5-9;2-1-4-3;2-1-3;1-2/h4-6H2,1-3H3;1H2;1H2;1H3. The first-order valence-electron chi connectivity index (χ1n) is 5.40. The van der Waals surface area contributed by atoms with Gasteiger partial charge in [0.05, 0.1) is 12.6 Å². The fourth-order valence-electron chi connectivity index (χ4n) is 0.471. The molecule has 0 aromatic heterocycles. The van der Waals surface area contributed by atoms with Crippen molar-refractivity contribution >= 4 is 5.97 Å². The third kappa shape index (κ3) is 25.8. The van der Waals surface area contributed by atoms with Crippen molar-refractivity contribution in [3.8, 4) is 0 Å². The minimum Gasteiger partial charge on any atom is -0.462 e. The van der Waals surface area contributed by atoms with E-state index in [9.17, 15) is 31.3 Å². The Labute approximate surface area is 115 Å². The SMILES string of the molecule is CCC(C)(C)C(=O)OCCF.CF.FCF.FCOF. The Morgan fingerprint density at radius 3 is 1.65 bits per heavy atom. The summed E-state index contributed by atoms with van der Waals surface area (Å²) < 4.78 is 64.9. The quantitative estimate of drug-likeness (QED) is 0.563. The van der Waals surface area contributed by atoms with Crippen LogP contribution in [0.2, 0.25) is 0 Å². The summed E-state index contributed by atoms with van der Waals surface area (Å²) in [6, 6.07) is 0. The van der Waals surface area contributed by atoms with Crippen molar-refractivity contribution in [3.05, 3.63) is 0 Å². The molecule has 126 valence electrons. The van der Waals surface area contributed by atoms with Gasteiger partial charge >= 0.3 is 5.97 Å². The molecule has 0 heterocycles. The van der Waals surface area contributed by atoms with E-state index in [4.69, 9.17) is 0 Å². The van der Waals surface area contributed by atoms with Crippen LogP contribution in [0, 0.1) is 5.41 Å². The zero-order chi connectivity index (χ0) is 17.0. The van der Waals surface area contributed by atoms with Crippen LogP contribution >= 0.6 is 0 Å². The van der Waals surface area contributed by atoms with Crippen molar-refractivity contribution in [2.75, 3.05) is 34.2 Å². The summed E-state index contributed by atoms with van der Waals surface area (Å²) in [6.45, 7) is 1.64. The van der Waals surface area contributed by atoms with Crippen LogP contribution in [-0.4, -0.2) is 40.2 Å². The van der Waals surface area contributed by atoms with Crippen LogP contribution in [0.25, 0.3) is 0 Å². The fraction of sp³-hybridized carbons (Fsp3) is 0.909. The Bertz CT molecular complexity index is 180. The van der Waals surface area contributed by atoms with E-state index < -0.39 is 25.9 Å². The van der Waals surface area contributed by atoms with Crippen LogP contribution in [-0.2, 0) is 14.5 Å². The minimum atomic E-state index is -1.75. The number of rotatable bonds is 5. The number of ether oxygens (including phenoxy) is 1. The van der Waals surface area contributed by atoms with Gasteiger partial charge in [0.25, 0.3) is 0 Å². The van der Waals surface area contributed by atoms with E-state index in [-0.39, 0.29) is 12.6 Å². The van der Waals surface area contributed by atoms with Crippen molar-refractivity contribution in [2.45, 2.75) is 27.2 Å². The van der Waals surface area contributed by atoms with Gasteiger partial charge in [-0.25, -0.2) is 17.6 Å². The molecule has 9 heteroatoms. The summed E-state index contributed by atoms with van der Waals surface area (Å²) in [7, 11) is 0.500. The molecule has 0 fully saturated rings. The molecule has 3 nitrogen and oxygen atoms in total. The number of esters is 1. The first kappa shape index (κ1) is 27.4. The highest BCUT2D eigenvalue weighted by Gasteiger charge is 2.26. The number of halogens is 6. The molecule has 0 unspecified atom stereocenters. The smallest absolute Gasteiger partial charge is 0.311 e. The summed E-state index contributed by atoms with van der Waals surface area (Å²) in [5.41, 5.74) is -0.477. The molecule has 0 aliphatic heterocycles. The molecule has 0 aliphatic rings. The van der Waals surface area contributed by atoms with Gasteiger partial charge in [0.15, 0.2) is 0 Å². The fourth-order valence-corrected chi connectivity index (χ4v) is 0.471. The van der Waals surface area contributed by atoms with E-state index in [0.717, 1.165) is 0 Å².